The molecule has 1 aliphatic heterocycles. The molecule has 1 aromatic rings. The monoisotopic (exact) mass is 294 g/mol. The van der Waals surface area contributed by atoms with Gasteiger partial charge in [0.25, 0.3) is 0 Å². The largest absolute Gasteiger partial charge is 0.341 e. The van der Waals surface area contributed by atoms with E-state index in [1.54, 1.807) is 0 Å². The molecule has 0 aliphatic carbocycles. The molecular weight excluding hydrogens is 272 g/mol. The molecule has 1 amide bonds. The van der Waals surface area contributed by atoms with Gasteiger partial charge in [-0.05, 0) is 44.7 Å². The lowest BCUT2D eigenvalue weighted by atomic mass is 10.1. The first-order valence-corrected chi connectivity index (χ1v) is 7.76. The maximum Gasteiger partial charge on any atom is 0.239 e. The van der Waals surface area contributed by atoms with Crippen LogP contribution in [0.3, 0.4) is 0 Å². The highest BCUT2D eigenvalue weighted by Crippen LogP contribution is 2.22. The molecule has 1 heterocycles. The summed E-state index contributed by atoms with van der Waals surface area (Å²) in [6.07, 6.45) is 3.48. The zero-order valence-corrected chi connectivity index (χ0v) is 13.0. The normalized spacial score (nSPS) is 18.6. The Morgan fingerprint density at radius 3 is 2.50 bits per heavy atom. The summed E-state index contributed by atoms with van der Waals surface area (Å²) in [5.41, 5.74) is 1.03. The third-order valence-electron chi connectivity index (χ3n) is 3.91. The van der Waals surface area contributed by atoms with E-state index in [0.29, 0.717) is 0 Å². The highest BCUT2D eigenvalue weighted by molar-refractivity contribution is 6.31. The van der Waals surface area contributed by atoms with Gasteiger partial charge in [0.1, 0.15) is 0 Å². The van der Waals surface area contributed by atoms with Crippen LogP contribution in [0.5, 0.6) is 0 Å². The van der Waals surface area contributed by atoms with Crippen LogP contribution in [0, 0.1) is 0 Å². The van der Waals surface area contributed by atoms with Gasteiger partial charge in [0, 0.05) is 24.2 Å². The molecule has 0 radical (unpaired) electrons. The van der Waals surface area contributed by atoms with Gasteiger partial charge in [-0.25, -0.2) is 0 Å². The third kappa shape index (κ3) is 3.74. The topological polar surface area (TPSA) is 32.3 Å². The van der Waals surface area contributed by atoms with Crippen LogP contribution in [0.1, 0.15) is 44.7 Å². The van der Waals surface area contributed by atoms with E-state index in [9.17, 15) is 4.79 Å². The highest BCUT2D eigenvalue weighted by Gasteiger charge is 2.23. The Hall–Kier alpha value is -1.06. The van der Waals surface area contributed by atoms with Crippen LogP contribution in [-0.2, 0) is 4.79 Å². The Bertz CT molecular complexity index is 458. The number of rotatable bonds is 4. The minimum atomic E-state index is -0.181. The first kappa shape index (κ1) is 15.3. The average molecular weight is 295 g/mol. The summed E-state index contributed by atoms with van der Waals surface area (Å²) in [4.78, 5) is 14.4. The van der Waals surface area contributed by atoms with Crippen molar-refractivity contribution < 1.29 is 4.79 Å². The number of benzene rings is 1. The smallest absolute Gasteiger partial charge is 0.239 e. The molecule has 1 aliphatic rings. The fourth-order valence-electron chi connectivity index (χ4n) is 2.75. The number of hydrogen-bond acceptors (Lipinski definition) is 2. The first-order chi connectivity index (χ1) is 9.59. The van der Waals surface area contributed by atoms with E-state index in [2.05, 4.69) is 5.32 Å². The number of hydrogen-bond donors (Lipinski definition) is 1. The summed E-state index contributed by atoms with van der Waals surface area (Å²) in [5, 5.41) is 4.10. The summed E-state index contributed by atoms with van der Waals surface area (Å²) in [6.45, 7) is 5.77. The molecule has 0 aromatic heterocycles. The van der Waals surface area contributed by atoms with Crippen LogP contribution in [0.2, 0.25) is 5.02 Å². The summed E-state index contributed by atoms with van der Waals surface area (Å²) in [6, 6.07) is 7.65. The van der Waals surface area contributed by atoms with Crippen molar-refractivity contribution in [2.75, 3.05) is 13.1 Å². The molecule has 110 valence electrons. The van der Waals surface area contributed by atoms with E-state index in [-0.39, 0.29) is 18.0 Å². The van der Waals surface area contributed by atoms with Crippen molar-refractivity contribution >= 4 is 17.5 Å². The van der Waals surface area contributed by atoms with Crippen LogP contribution in [0.4, 0.5) is 0 Å². The Labute approximate surface area is 126 Å². The van der Waals surface area contributed by atoms with Crippen LogP contribution >= 0.6 is 11.6 Å². The van der Waals surface area contributed by atoms with Crippen molar-refractivity contribution in [3.05, 3.63) is 34.9 Å². The minimum Gasteiger partial charge on any atom is -0.341 e. The van der Waals surface area contributed by atoms with Gasteiger partial charge < -0.3 is 4.90 Å². The van der Waals surface area contributed by atoms with E-state index in [1.807, 2.05) is 43.0 Å². The maximum atomic E-state index is 12.4. The van der Waals surface area contributed by atoms with Crippen molar-refractivity contribution in [2.24, 2.45) is 0 Å². The molecule has 1 N–H and O–H groups in total. The van der Waals surface area contributed by atoms with Crippen LogP contribution in [0.25, 0.3) is 0 Å². The predicted octanol–water partition coefficient (Wildman–Crippen LogP) is 3.39. The SMILES string of the molecule is CC(NC(C)c1ccccc1Cl)C(=O)N1CCCCC1. The van der Waals surface area contributed by atoms with Crippen molar-refractivity contribution in [1.82, 2.24) is 10.2 Å². The number of nitrogens with one attached hydrogen (secondary N) is 1. The van der Waals surface area contributed by atoms with Gasteiger partial charge in [-0.15, -0.1) is 0 Å². The van der Waals surface area contributed by atoms with E-state index in [4.69, 9.17) is 11.6 Å². The fourth-order valence-corrected chi connectivity index (χ4v) is 3.05. The minimum absolute atomic E-state index is 0.0624. The number of halogens is 1. The van der Waals surface area contributed by atoms with Crippen molar-refractivity contribution in [3.63, 3.8) is 0 Å². The van der Waals surface area contributed by atoms with Gasteiger partial charge in [-0.3, -0.25) is 10.1 Å². The van der Waals surface area contributed by atoms with Crippen molar-refractivity contribution in [3.8, 4) is 0 Å². The lowest BCUT2D eigenvalue weighted by molar-refractivity contribution is -0.134. The second-order valence-electron chi connectivity index (χ2n) is 5.52. The summed E-state index contributed by atoms with van der Waals surface area (Å²) in [5.74, 6) is 0.198. The van der Waals surface area contributed by atoms with Gasteiger partial charge in [-0.1, -0.05) is 29.8 Å². The van der Waals surface area contributed by atoms with E-state index < -0.39 is 0 Å². The molecule has 2 rings (SSSR count). The Morgan fingerprint density at radius 1 is 1.20 bits per heavy atom. The van der Waals surface area contributed by atoms with Crippen molar-refractivity contribution in [1.29, 1.82) is 0 Å². The lowest BCUT2D eigenvalue weighted by Gasteiger charge is -2.30. The molecule has 2 atom stereocenters. The molecule has 0 bridgehead atoms. The number of likely N-dealkylation sites (tertiary alicyclic amines) is 1. The highest BCUT2D eigenvalue weighted by atomic mass is 35.5. The molecule has 3 nitrogen and oxygen atoms in total. The van der Waals surface area contributed by atoms with Crippen molar-refractivity contribution in [2.45, 2.75) is 45.2 Å². The Morgan fingerprint density at radius 2 is 1.85 bits per heavy atom. The molecule has 1 aromatic carbocycles. The number of carbonyl (C=O) groups is 1. The third-order valence-corrected chi connectivity index (χ3v) is 4.25. The van der Waals surface area contributed by atoms with Gasteiger partial charge in [0.15, 0.2) is 0 Å². The zero-order valence-electron chi connectivity index (χ0n) is 12.2. The molecule has 2 unspecified atom stereocenters. The fraction of sp³-hybridized carbons (Fsp3) is 0.562. The average Bonchev–Trinajstić information content (AvgIpc) is 2.47. The van der Waals surface area contributed by atoms with Gasteiger partial charge in [0.05, 0.1) is 6.04 Å². The second-order valence-corrected chi connectivity index (χ2v) is 5.92. The second kappa shape index (κ2) is 7.09. The van der Waals surface area contributed by atoms with Crippen LogP contribution in [0.15, 0.2) is 24.3 Å². The van der Waals surface area contributed by atoms with Gasteiger partial charge in [0.2, 0.25) is 5.91 Å². The van der Waals surface area contributed by atoms with Crippen LogP contribution in [-0.4, -0.2) is 29.9 Å². The predicted molar refractivity (Wildman–Crippen MR) is 82.9 cm³/mol. The van der Waals surface area contributed by atoms with Gasteiger partial charge in [-0.2, -0.15) is 0 Å². The van der Waals surface area contributed by atoms with E-state index >= 15 is 0 Å². The van der Waals surface area contributed by atoms with Crippen LogP contribution < -0.4 is 5.32 Å². The molecule has 1 fully saturated rings. The number of nitrogens with zero attached hydrogens (tertiary/aromatic N) is 1. The molecule has 20 heavy (non-hydrogen) atoms. The summed E-state index contributed by atoms with van der Waals surface area (Å²) < 4.78 is 0. The van der Waals surface area contributed by atoms with Gasteiger partial charge >= 0.3 is 0 Å². The van der Waals surface area contributed by atoms with E-state index in [0.717, 1.165) is 36.5 Å². The number of piperidine rings is 1. The number of amides is 1. The molecular formula is C16H23ClN2O. The lowest BCUT2D eigenvalue weighted by Crippen LogP contribution is -2.47. The standard InChI is InChI=1S/C16H23ClN2O/c1-12(14-8-4-5-9-15(14)17)18-13(2)16(20)19-10-6-3-7-11-19/h4-5,8-9,12-13,18H,3,6-7,10-11H2,1-2H3. The molecule has 1 saturated heterocycles. The summed E-state index contributed by atoms with van der Waals surface area (Å²) >= 11 is 6.20. The summed E-state index contributed by atoms with van der Waals surface area (Å²) in [7, 11) is 0. The Balaban J connectivity index is 1.95. The zero-order chi connectivity index (χ0) is 14.5. The quantitative estimate of drug-likeness (QED) is 0.923. The first-order valence-electron chi connectivity index (χ1n) is 7.39. The molecule has 0 spiro atoms. The molecule has 4 heteroatoms. The van der Waals surface area contributed by atoms with E-state index in [1.165, 1.54) is 6.42 Å². The molecule has 0 saturated carbocycles. The Kier molecular flexibility index (Phi) is 5.44. The maximum absolute atomic E-state index is 12.4. The number of carbonyl (C=O) groups excluding carboxylic acids is 1.